The Morgan fingerprint density at radius 3 is 2.52 bits per heavy atom. The summed E-state index contributed by atoms with van der Waals surface area (Å²) in [5.74, 6) is -0.230. The topological polar surface area (TPSA) is 38.3 Å². The van der Waals surface area contributed by atoms with Crippen LogP contribution in [0.5, 0.6) is 5.75 Å². The van der Waals surface area contributed by atoms with Crippen molar-refractivity contribution in [3.8, 4) is 5.75 Å². The van der Waals surface area contributed by atoms with Gasteiger partial charge in [-0.1, -0.05) is 48.5 Å². The number of carbonyl (C=O) groups excluding carboxylic acids is 1. The van der Waals surface area contributed by atoms with Crippen LogP contribution in [0.2, 0.25) is 0 Å². The monoisotopic (exact) mass is 345 g/mol. The molecule has 25 heavy (non-hydrogen) atoms. The maximum absolute atomic E-state index is 12.4. The van der Waals surface area contributed by atoms with Crippen molar-refractivity contribution in [2.45, 2.75) is 32.4 Å². The molecule has 0 spiro atoms. The molecule has 0 aromatic heterocycles. The second kappa shape index (κ2) is 9.57. The summed E-state index contributed by atoms with van der Waals surface area (Å²) in [6, 6.07) is 16.4. The number of carbonyl (C=O) groups is 1. The first-order valence-corrected chi connectivity index (χ1v) is 8.11. The van der Waals surface area contributed by atoms with Crippen molar-refractivity contribution in [2.24, 2.45) is 0 Å². The fourth-order valence-electron chi connectivity index (χ4n) is 2.38. The van der Waals surface area contributed by atoms with E-state index in [2.05, 4.69) is 10.1 Å². The predicted octanol–water partition coefficient (Wildman–Crippen LogP) is 4.44. The summed E-state index contributed by atoms with van der Waals surface area (Å²) in [4.78, 5) is 12.0. The number of alkyl halides is 2. The summed E-state index contributed by atoms with van der Waals surface area (Å²) in [6.45, 7) is -0.968. The second-order valence-electron chi connectivity index (χ2n) is 5.68. The Morgan fingerprint density at radius 2 is 1.80 bits per heavy atom. The van der Waals surface area contributed by atoms with Gasteiger partial charge < -0.3 is 10.1 Å². The molecule has 0 saturated carbocycles. The van der Waals surface area contributed by atoms with Gasteiger partial charge in [-0.15, -0.1) is 0 Å². The molecule has 1 atom stereocenters. The first-order valence-electron chi connectivity index (χ1n) is 8.11. The van der Waals surface area contributed by atoms with Gasteiger partial charge in [-0.25, -0.2) is 0 Å². The standard InChI is InChI=1S/C20H21F2NO2/c1-15(11-12-16-7-3-2-4-8-16)23-19(24)14-13-17-9-5-6-10-18(17)25-20(21)22/h2-10,13-15,20H,11-12H2,1H3,(H,23,24)/b14-13+. The van der Waals surface area contributed by atoms with E-state index in [0.717, 1.165) is 12.8 Å². The van der Waals surface area contributed by atoms with Gasteiger partial charge in [0.2, 0.25) is 5.91 Å². The van der Waals surface area contributed by atoms with Crippen LogP contribution in [-0.2, 0) is 11.2 Å². The van der Waals surface area contributed by atoms with E-state index in [1.807, 2.05) is 37.3 Å². The van der Waals surface area contributed by atoms with Gasteiger partial charge >= 0.3 is 6.61 Å². The largest absolute Gasteiger partial charge is 0.434 e. The van der Waals surface area contributed by atoms with Crippen molar-refractivity contribution in [3.63, 3.8) is 0 Å². The highest BCUT2D eigenvalue weighted by Gasteiger charge is 2.08. The molecule has 0 aliphatic rings. The summed E-state index contributed by atoms with van der Waals surface area (Å²) >= 11 is 0. The van der Waals surface area contributed by atoms with Crippen LogP contribution in [0, 0.1) is 0 Å². The lowest BCUT2D eigenvalue weighted by Crippen LogP contribution is -2.31. The number of ether oxygens (including phenoxy) is 1. The predicted molar refractivity (Wildman–Crippen MR) is 94.5 cm³/mol. The Balaban J connectivity index is 1.86. The van der Waals surface area contributed by atoms with E-state index in [9.17, 15) is 13.6 Å². The Kier molecular flexibility index (Phi) is 7.14. The van der Waals surface area contributed by atoms with Crippen LogP contribution in [0.4, 0.5) is 8.78 Å². The maximum Gasteiger partial charge on any atom is 0.387 e. The highest BCUT2D eigenvalue weighted by atomic mass is 19.3. The Bertz CT molecular complexity index is 702. The molecular weight excluding hydrogens is 324 g/mol. The molecular formula is C20H21F2NO2. The quantitative estimate of drug-likeness (QED) is 0.719. The van der Waals surface area contributed by atoms with Gasteiger partial charge in [0.1, 0.15) is 5.75 Å². The summed E-state index contributed by atoms with van der Waals surface area (Å²) < 4.78 is 29.2. The van der Waals surface area contributed by atoms with E-state index >= 15 is 0 Å². The van der Waals surface area contributed by atoms with E-state index < -0.39 is 6.61 Å². The van der Waals surface area contributed by atoms with Gasteiger partial charge in [0.15, 0.2) is 0 Å². The molecule has 0 aliphatic carbocycles. The Labute approximate surface area is 146 Å². The molecule has 132 valence electrons. The normalized spacial score (nSPS) is 12.3. The third-order valence-corrected chi connectivity index (χ3v) is 3.65. The van der Waals surface area contributed by atoms with Gasteiger partial charge in [-0.05, 0) is 37.5 Å². The molecule has 5 heteroatoms. The second-order valence-corrected chi connectivity index (χ2v) is 5.68. The summed E-state index contributed by atoms with van der Waals surface area (Å²) in [5, 5.41) is 2.87. The molecule has 2 rings (SSSR count). The zero-order chi connectivity index (χ0) is 18.1. The van der Waals surface area contributed by atoms with Crippen LogP contribution in [0.15, 0.2) is 60.7 Å². The minimum atomic E-state index is -2.90. The van der Waals surface area contributed by atoms with Crippen molar-refractivity contribution < 1.29 is 18.3 Å². The zero-order valence-corrected chi connectivity index (χ0v) is 14.0. The number of hydrogen-bond donors (Lipinski definition) is 1. The van der Waals surface area contributed by atoms with Crippen LogP contribution in [0.1, 0.15) is 24.5 Å². The number of hydrogen-bond acceptors (Lipinski definition) is 2. The van der Waals surface area contributed by atoms with Gasteiger partial charge in [-0.2, -0.15) is 8.78 Å². The highest BCUT2D eigenvalue weighted by Crippen LogP contribution is 2.21. The van der Waals surface area contributed by atoms with Gasteiger partial charge in [0.05, 0.1) is 0 Å². The van der Waals surface area contributed by atoms with Crippen molar-refractivity contribution >= 4 is 12.0 Å². The van der Waals surface area contributed by atoms with E-state index in [-0.39, 0.29) is 17.7 Å². The summed E-state index contributed by atoms with van der Waals surface area (Å²) in [5.41, 5.74) is 1.65. The SMILES string of the molecule is CC(CCc1ccccc1)NC(=O)/C=C/c1ccccc1OC(F)F. The lowest BCUT2D eigenvalue weighted by Gasteiger charge is -2.12. The molecule has 0 radical (unpaired) electrons. The number of benzene rings is 2. The first kappa shape index (κ1) is 18.6. The molecule has 0 heterocycles. The third kappa shape index (κ3) is 6.75. The number of nitrogens with one attached hydrogen (secondary N) is 1. The fraction of sp³-hybridized carbons (Fsp3) is 0.250. The van der Waals surface area contributed by atoms with E-state index in [4.69, 9.17) is 0 Å². The molecule has 0 aliphatic heterocycles. The van der Waals surface area contributed by atoms with Crippen LogP contribution in [0.3, 0.4) is 0 Å². The van der Waals surface area contributed by atoms with Crippen LogP contribution in [0.25, 0.3) is 6.08 Å². The van der Waals surface area contributed by atoms with Crippen molar-refractivity contribution in [1.82, 2.24) is 5.32 Å². The fourth-order valence-corrected chi connectivity index (χ4v) is 2.38. The molecule has 2 aromatic carbocycles. The molecule has 0 bridgehead atoms. The number of para-hydroxylation sites is 1. The molecule has 2 aromatic rings. The number of rotatable bonds is 8. The van der Waals surface area contributed by atoms with Crippen LogP contribution >= 0.6 is 0 Å². The van der Waals surface area contributed by atoms with Crippen LogP contribution in [-0.4, -0.2) is 18.6 Å². The van der Waals surface area contributed by atoms with Crippen molar-refractivity contribution in [3.05, 3.63) is 71.8 Å². The first-order chi connectivity index (χ1) is 12.0. The van der Waals surface area contributed by atoms with E-state index in [0.29, 0.717) is 5.56 Å². The summed E-state index contributed by atoms with van der Waals surface area (Å²) in [6.07, 6.45) is 4.48. The molecule has 1 N–H and O–H groups in total. The molecule has 3 nitrogen and oxygen atoms in total. The molecule has 1 unspecified atom stereocenters. The highest BCUT2D eigenvalue weighted by molar-refractivity contribution is 5.92. The smallest absolute Gasteiger partial charge is 0.387 e. The minimum absolute atomic E-state index is 0.00455. The molecule has 0 saturated heterocycles. The molecule has 1 amide bonds. The lowest BCUT2D eigenvalue weighted by atomic mass is 10.1. The minimum Gasteiger partial charge on any atom is -0.434 e. The third-order valence-electron chi connectivity index (χ3n) is 3.65. The van der Waals surface area contributed by atoms with Crippen molar-refractivity contribution in [1.29, 1.82) is 0 Å². The number of aryl methyl sites for hydroxylation is 1. The van der Waals surface area contributed by atoms with E-state index in [1.54, 1.807) is 18.2 Å². The Morgan fingerprint density at radius 1 is 1.12 bits per heavy atom. The van der Waals surface area contributed by atoms with Crippen LogP contribution < -0.4 is 10.1 Å². The van der Waals surface area contributed by atoms with E-state index in [1.165, 1.54) is 23.8 Å². The Hall–Kier alpha value is -2.69. The summed E-state index contributed by atoms with van der Waals surface area (Å²) in [7, 11) is 0. The van der Waals surface area contributed by atoms with Crippen molar-refractivity contribution in [2.75, 3.05) is 0 Å². The molecule has 0 fully saturated rings. The maximum atomic E-state index is 12.4. The lowest BCUT2D eigenvalue weighted by molar-refractivity contribution is -0.117. The van der Waals surface area contributed by atoms with Gasteiger partial charge in [0.25, 0.3) is 0 Å². The van der Waals surface area contributed by atoms with Gasteiger partial charge in [-0.3, -0.25) is 4.79 Å². The van der Waals surface area contributed by atoms with Gasteiger partial charge in [0, 0.05) is 17.7 Å². The average Bonchev–Trinajstić information content (AvgIpc) is 2.59. The number of halogens is 2. The zero-order valence-electron chi connectivity index (χ0n) is 14.0. The number of amides is 1. The average molecular weight is 345 g/mol.